The van der Waals surface area contributed by atoms with Crippen LogP contribution in [0.5, 0.6) is 5.75 Å². The Morgan fingerprint density at radius 2 is 1.83 bits per heavy atom. The average Bonchev–Trinajstić information content (AvgIpc) is 2.61. The Morgan fingerprint density at radius 3 is 2.40 bits per heavy atom. The number of carbonyl (C=O) groups is 1. The molecule has 0 heterocycles. The molecule has 0 unspecified atom stereocenters. The third kappa shape index (κ3) is 5.87. The topological polar surface area (TPSA) is 84.5 Å². The first-order valence-corrected chi connectivity index (χ1v) is 10.7. The molecule has 2 rings (SSSR count). The summed E-state index contributed by atoms with van der Waals surface area (Å²) in [5.41, 5.74) is -1.32. The van der Waals surface area contributed by atoms with E-state index in [9.17, 15) is 26.4 Å². The smallest absolute Gasteiger partial charge is 0.417 e. The lowest BCUT2D eigenvalue weighted by atomic mass is 10.1. The number of rotatable bonds is 7. The van der Waals surface area contributed by atoms with Gasteiger partial charge in [0.1, 0.15) is 10.6 Å². The zero-order valence-electron chi connectivity index (χ0n) is 16.3. The number of nitrogens with one attached hydrogen (secondary N) is 2. The molecule has 0 radical (unpaired) electrons. The fourth-order valence-corrected chi connectivity index (χ4v) is 4.18. The van der Waals surface area contributed by atoms with Crippen LogP contribution in [0, 0.1) is 0 Å². The first-order valence-electron chi connectivity index (χ1n) is 8.82. The molecule has 0 aliphatic rings. The van der Waals surface area contributed by atoms with Crippen LogP contribution < -0.4 is 14.8 Å². The van der Waals surface area contributed by atoms with Gasteiger partial charge in [0.2, 0.25) is 10.0 Å². The molecule has 0 aliphatic heterocycles. The lowest BCUT2D eigenvalue weighted by Crippen LogP contribution is -2.30. The summed E-state index contributed by atoms with van der Waals surface area (Å²) >= 11 is 5.57. The van der Waals surface area contributed by atoms with Crippen LogP contribution in [0.15, 0.2) is 41.3 Å². The van der Waals surface area contributed by atoms with Gasteiger partial charge < -0.3 is 10.1 Å². The van der Waals surface area contributed by atoms with Crippen molar-refractivity contribution in [2.75, 3.05) is 11.9 Å². The van der Waals surface area contributed by atoms with Crippen molar-refractivity contribution in [2.24, 2.45) is 0 Å². The summed E-state index contributed by atoms with van der Waals surface area (Å²) in [5.74, 6) is -0.748. The predicted molar refractivity (Wildman–Crippen MR) is 107 cm³/mol. The highest BCUT2D eigenvalue weighted by Gasteiger charge is 2.33. The Balaban J connectivity index is 2.40. The van der Waals surface area contributed by atoms with Crippen molar-refractivity contribution >= 4 is 33.2 Å². The van der Waals surface area contributed by atoms with Gasteiger partial charge in [-0.1, -0.05) is 11.6 Å². The van der Waals surface area contributed by atoms with E-state index < -0.39 is 38.7 Å². The Morgan fingerprint density at radius 1 is 1.17 bits per heavy atom. The maximum absolute atomic E-state index is 13.0. The monoisotopic (exact) mass is 464 g/mol. The third-order valence-corrected chi connectivity index (χ3v) is 5.73. The summed E-state index contributed by atoms with van der Waals surface area (Å²) in [6, 6.07) is 6.25. The van der Waals surface area contributed by atoms with Crippen molar-refractivity contribution < 1.29 is 31.1 Å². The number of halogens is 4. The summed E-state index contributed by atoms with van der Waals surface area (Å²) in [5, 5.41) is 1.81. The van der Waals surface area contributed by atoms with Crippen molar-refractivity contribution in [3.05, 3.63) is 52.5 Å². The molecule has 164 valence electrons. The van der Waals surface area contributed by atoms with Crippen molar-refractivity contribution in [3.8, 4) is 5.75 Å². The number of sulfonamides is 1. The summed E-state index contributed by atoms with van der Waals surface area (Å²) in [6.07, 6.45) is -4.69. The van der Waals surface area contributed by atoms with Crippen LogP contribution >= 0.6 is 11.6 Å². The lowest BCUT2D eigenvalue weighted by molar-refractivity contribution is -0.137. The Bertz CT molecular complexity index is 1040. The van der Waals surface area contributed by atoms with E-state index in [4.69, 9.17) is 16.3 Å². The van der Waals surface area contributed by atoms with Gasteiger partial charge in [0, 0.05) is 17.3 Å². The van der Waals surface area contributed by atoms with E-state index in [0.717, 1.165) is 12.1 Å². The minimum absolute atomic E-state index is 0.0491. The standard InChI is InChI=1S/C19H20ClF3N2O4S/c1-4-29-16-8-5-12(9-17(16)30(27,28)25-11(2)3)18(26)24-13-6-7-15(20)14(10-13)19(21,22)23/h5-11,25H,4H2,1-3H3,(H,24,26). The Kier molecular flexibility index (Phi) is 7.38. The lowest BCUT2D eigenvalue weighted by Gasteiger charge is -2.15. The molecule has 1 amide bonds. The quantitative estimate of drug-likeness (QED) is 0.622. The van der Waals surface area contributed by atoms with Crippen molar-refractivity contribution in [2.45, 2.75) is 37.9 Å². The number of ether oxygens (including phenoxy) is 1. The molecular weight excluding hydrogens is 445 g/mol. The molecule has 2 N–H and O–H groups in total. The van der Waals surface area contributed by atoms with Gasteiger partial charge in [-0.3, -0.25) is 4.79 Å². The highest BCUT2D eigenvalue weighted by Crippen LogP contribution is 2.36. The number of carbonyl (C=O) groups excluding carboxylic acids is 1. The number of alkyl halides is 3. The van der Waals surface area contributed by atoms with E-state index in [0.29, 0.717) is 6.07 Å². The molecule has 0 fully saturated rings. The normalized spacial score (nSPS) is 12.1. The van der Waals surface area contributed by atoms with E-state index >= 15 is 0 Å². The first-order chi connectivity index (χ1) is 13.8. The zero-order chi connectivity index (χ0) is 22.7. The van der Waals surface area contributed by atoms with Gasteiger partial charge in [0.25, 0.3) is 5.91 Å². The average molecular weight is 465 g/mol. The van der Waals surface area contributed by atoms with Gasteiger partial charge in [0.15, 0.2) is 0 Å². The van der Waals surface area contributed by atoms with E-state index in [1.54, 1.807) is 20.8 Å². The van der Waals surface area contributed by atoms with Crippen LogP contribution in [-0.2, 0) is 16.2 Å². The second-order valence-electron chi connectivity index (χ2n) is 6.52. The summed E-state index contributed by atoms with van der Waals surface area (Å²) in [4.78, 5) is 12.3. The number of anilines is 1. The van der Waals surface area contributed by atoms with E-state index in [1.807, 2.05) is 0 Å². The van der Waals surface area contributed by atoms with Gasteiger partial charge in [-0.25, -0.2) is 13.1 Å². The first kappa shape index (κ1) is 24.0. The summed E-state index contributed by atoms with van der Waals surface area (Å²) < 4.78 is 72.0. The summed E-state index contributed by atoms with van der Waals surface area (Å²) in [6.45, 7) is 5.13. The predicted octanol–water partition coefficient (Wildman–Crippen LogP) is 4.70. The van der Waals surface area contributed by atoms with E-state index in [1.165, 1.54) is 18.2 Å². The third-order valence-electron chi connectivity index (χ3n) is 3.72. The minimum atomic E-state index is -4.69. The molecule has 6 nitrogen and oxygen atoms in total. The number of hydrogen-bond acceptors (Lipinski definition) is 4. The molecule has 11 heteroatoms. The fraction of sp³-hybridized carbons (Fsp3) is 0.316. The van der Waals surface area contributed by atoms with Crippen LogP contribution in [0.25, 0.3) is 0 Å². The molecule has 0 saturated carbocycles. The molecule has 0 aliphatic carbocycles. The van der Waals surface area contributed by atoms with Crippen LogP contribution in [0.3, 0.4) is 0 Å². The maximum atomic E-state index is 13.0. The number of amides is 1. The van der Waals surface area contributed by atoms with Gasteiger partial charge in [-0.05, 0) is 57.2 Å². The highest BCUT2D eigenvalue weighted by molar-refractivity contribution is 7.89. The number of hydrogen-bond donors (Lipinski definition) is 2. The van der Waals surface area contributed by atoms with Gasteiger partial charge in [-0.15, -0.1) is 0 Å². The van der Waals surface area contributed by atoms with Gasteiger partial charge >= 0.3 is 6.18 Å². The van der Waals surface area contributed by atoms with Crippen molar-refractivity contribution in [1.82, 2.24) is 4.72 Å². The molecular formula is C19H20ClF3N2O4S. The van der Waals surface area contributed by atoms with Crippen LogP contribution in [-0.4, -0.2) is 27.0 Å². The molecule has 2 aromatic rings. The minimum Gasteiger partial charge on any atom is -0.492 e. The van der Waals surface area contributed by atoms with Crippen LogP contribution in [0.2, 0.25) is 5.02 Å². The molecule has 0 bridgehead atoms. The zero-order valence-corrected chi connectivity index (χ0v) is 17.9. The number of benzene rings is 2. The maximum Gasteiger partial charge on any atom is 0.417 e. The molecule has 0 aromatic heterocycles. The molecule has 30 heavy (non-hydrogen) atoms. The van der Waals surface area contributed by atoms with E-state index in [-0.39, 0.29) is 28.5 Å². The fourth-order valence-electron chi connectivity index (χ4n) is 2.53. The molecule has 0 atom stereocenters. The van der Waals surface area contributed by atoms with Crippen LogP contribution in [0.1, 0.15) is 36.7 Å². The second-order valence-corrected chi connectivity index (χ2v) is 8.61. The second kappa shape index (κ2) is 9.23. The Labute approximate surface area is 177 Å². The molecule has 0 spiro atoms. The summed E-state index contributed by atoms with van der Waals surface area (Å²) in [7, 11) is -3.99. The molecule has 0 saturated heterocycles. The highest BCUT2D eigenvalue weighted by atomic mass is 35.5. The van der Waals surface area contributed by atoms with Crippen molar-refractivity contribution in [3.63, 3.8) is 0 Å². The van der Waals surface area contributed by atoms with Crippen LogP contribution in [0.4, 0.5) is 18.9 Å². The van der Waals surface area contributed by atoms with Gasteiger partial charge in [0.05, 0.1) is 17.2 Å². The van der Waals surface area contributed by atoms with E-state index in [2.05, 4.69) is 10.0 Å². The molecule has 2 aromatic carbocycles. The SMILES string of the molecule is CCOc1ccc(C(=O)Nc2ccc(Cl)c(C(F)(F)F)c2)cc1S(=O)(=O)NC(C)C. The Hall–Kier alpha value is -2.30. The largest absolute Gasteiger partial charge is 0.492 e. The van der Waals surface area contributed by atoms with Crippen molar-refractivity contribution in [1.29, 1.82) is 0 Å². The van der Waals surface area contributed by atoms with Gasteiger partial charge in [-0.2, -0.15) is 13.2 Å².